The molecule has 25 heavy (non-hydrogen) atoms. The van der Waals surface area contributed by atoms with Gasteiger partial charge < -0.3 is 10.2 Å². The number of nitrogens with one attached hydrogen (secondary N) is 1. The minimum absolute atomic E-state index is 0.0491. The van der Waals surface area contributed by atoms with Crippen molar-refractivity contribution in [1.82, 2.24) is 19.9 Å². The molecule has 1 fully saturated rings. The largest absolute Gasteiger partial charge is 0.324 e. The molecule has 0 radical (unpaired) electrons. The third-order valence-electron chi connectivity index (χ3n) is 4.55. The Labute approximate surface area is 146 Å². The summed E-state index contributed by atoms with van der Waals surface area (Å²) in [7, 11) is 0. The van der Waals surface area contributed by atoms with Gasteiger partial charge in [0.25, 0.3) is 0 Å². The number of carbonyl (C=O) groups excluding carboxylic acids is 1. The summed E-state index contributed by atoms with van der Waals surface area (Å²) in [4.78, 5) is 14.4. The van der Waals surface area contributed by atoms with E-state index in [0.29, 0.717) is 5.92 Å². The van der Waals surface area contributed by atoms with Crippen LogP contribution in [0.25, 0.3) is 5.69 Å². The minimum atomic E-state index is -0.0491. The first-order chi connectivity index (χ1) is 12.3. The van der Waals surface area contributed by atoms with Gasteiger partial charge in [0, 0.05) is 24.7 Å². The summed E-state index contributed by atoms with van der Waals surface area (Å²) in [5, 5.41) is 10.7. The third-order valence-corrected chi connectivity index (χ3v) is 4.55. The van der Waals surface area contributed by atoms with Crippen LogP contribution in [0.5, 0.6) is 0 Å². The molecule has 1 N–H and O–H groups in total. The summed E-state index contributed by atoms with van der Waals surface area (Å²) < 4.78 is 1.68. The third kappa shape index (κ3) is 3.38. The highest BCUT2D eigenvalue weighted by Crippen LogP contribution is 2.27. The van der Waals surface area contributed by atoms with Gasteiger partial charge in [-0.05, 0) is 36.2 Å². The molecule has 0 spiro atoms. The van der Waals surface area contributed by atoms with Gasteiger partial charge in [-0.25, -0.2) is 9.48 Å². The number of nitrogens with zero attached hydrogens (tertiary/aromatic N) is 4. The van der Waals surface area contributed by atoms with Crippen molar-refractivity contribution in [2.24, 2.45) is 0 Å². The van der Waals surface area contributed by atoms with Crippen molar-refractivity contribution in [3.63, 3.8) is 0 Å². The zero-order chi connectivity index (χ0) is 17.1. The highest BCUT2D eigenvalue weighted by atomic mass is 16.2. The smallest absolute Gasteiger partial charge is 0.321 e. The SMILES string of the molecule is O=C(Nc1ccc(-n2ccnn2)cc1)N1CCC(c2ccccc2)C1. The average Bonchev–Trinajstić information content (AvgIpc) is 3.35. The summed E-state index contributed by atoms with van der Waals surface area (Å²) in [5.74, 6) is 0.418. The lowest BCUT2D eigenvalue weighted by atomic mass is 9.99. The first kappa shape index (κ1) is 15.4. The van der Waals surface area contributed by atoms with Crippen molar-refractivity contribution < 1.29 is 4.79 Å². The normalized spacial score (nSPS) is 16.8. The molecule has 1 unspecified atom stereocenters. The van der Waals surface area contributed by atoms with Crippen molar-refractivity contribution >= 4 is 11.7 Å². The Morgan fingerprint density at radius 3 is 2.60 bits per heavy atom. The van der Waals surface area contributed by atoms with E-state index in [1.165, 1.54) is 5.56 Å². The molecule has 6 nitrogen and oxygen atoms in total. The van der Waals surface area contributed by atoms with Crippen molar-refractivity contribution in [1.29, 1.82) is 0 Å². The van der Waals surface area contributed by atoms with Gasteiger partial charge in [0.05, 0.1) is 18.1 Å². The fourth-order valence-corrected chi connectivity index (χ4v) is 3.19. The fraction of sp³-hybridized carbons (Fsp3) is 0.211. The van der Waals surface area contributed by atoms with Gasteiger partial charge in [-0.15, -0.1) is 5.10 Å². The van der Waals surface area contributed by atoms with E-state index in [1.807, 2.05) is 35.2 Å². The molecule has 1 aliphatic rings. The molecule has 2 heterocycles. The van der Waals surface area contributed by atoms with E-state index in [-0.39, 0.29) is 6.03 Å². The van der Waals surface area contributed by atoms with Crippen LogP contribution in [0, 0.1) is 0 Å². The summed E-state index contributed by atoms with van der Waals surface area (Å²) in [6.07, 6.45) is 4.41. The number of amides is 2. The number of carbonyl (C=O) groups is 1. The van der Waals surface area contributed by atoms with E-state index < -0.39 is 0 Å². The van der Waals surface area contributed by atoms with Crippen LogP contribution in [0.3, 0.4) is 0 Å². The Balaban J connectivity index is 1.38. The summed E-state index contributed by atoms with van der Waals surface area (Å²) >= 11 is 0. The number of hydrogen-bond acceptors (Lipinski definition) is 3. The van der Waals surface area contributed by atoms with Crippen molar-refractivity contribution in [2.75, 3.05) is 18.4 Å². The Kier molecular flexibility index (Phi) is 4.16. The van der Waals surface area contributed by atoms with Gasteiger partial charge in [0.15, 0.2) is 0 Å². The molecule has 1 aromatic heterocycles. The maximum absolute atomic E-state index is 12.5. The Bertz CT molecular complexity index is 830. The molecule has 4 rings (SSSR count). The van der Waals surface area contributed by atoms with Crippen LogP contribution in [0.2, 0.25) is 0 Å². The second-order valence-corrected chi connectivity index (χ2v) is 6.17. The quantitative estimate of drug-likeness (QED) is 0.800. The molecule has 0 saturated carbocycles. The maximum atomic E-state index is 12.5. The van der Waals surface area contributed by atoms with Crippen LogP contribution in [0.4, 0.5) is 10.5 Å². The molecule has 3 aromatic rings. The van der Waals surface area contributed by atoms with Crippen molar-refractivity contribution in [3.8, 4) is 5.69 Å². The van der Waals surface area contributed by atoms with E-state index in [2.05, 4.69) is 39.9 Å². The lowest BCUT2D eigenvalue weighted by molar-refractivity contribution is 0.222. The summed E-state index contributed by atoms with van der Waals surface area (Å²) in [6, 6.07) is 17.9. The van der Waals surface area contributed by atoms with E-state index in [1.54, 1.807) is 17.1 Å². The van der Waals surface area contributed by atoms with Gasteiger partial charge in [0.1, 0.15) is 0 Å². The highest BCUT2D eigenvalue weighted by Gasteiger charge is 2.27. The Morgan fingerprint density at radius 2 is 1.88 bits per heavy atom. The number of aromatic nitrogens is 3. The average molecular weight is 333 g/mol. The Hall–Kier alpha value is -3.15. The molecule has 1 saturated heterocycles. The number of anilines is 1. The number of likely N-dealkylation sites (tertiary alicyclic amines) is 1. The molecular formula is C19H19N5O. The van der Waals surface area contributed by atoms with Crippen molar-refractivity contribution in [2.45, 2.75) is 12.3 Å². The molecule has 2 amide bonds. The standard InChI is InChI=1S/C19H19N5O/c25-19(23-12-10-16(14-23)15-4-2-1-3-5-15)21-17-6-8-18(9-7-17)24-13-11-20-22-24/h1-9,11,13,16H,10,12,14H2,(H,21,25). The van der Waals surface area contributed by atoms with Crippen LogP contribution < -0.4 is 5.32 Å². The zero-order valence-electron chi connectivity index (χ0n) is 13.7. The van der Waals surface area contributed by atoms with Gasteiger partial charge >= 0.3 is 6.03 Å². The predicted octanol–water partition coefficient (Wildman–Crippen LogP) is 3.29. The van der Waals surface area contributed by atoms with Crippen LogP contribution in [0.1, 0.15) is 17.9 Å². The monoisotopic (exact) mass is 333 g/mol. The first-order valence-electron chi connectivity index (χ1n) is 8.37. The van der Waals surface area contributed by atoms with Crippen molar-refractivity contribution in [3.05, 3.63) is 72.6 Å². The Morgan fingerprint density at radius 1 is 1.08 bits per heavy atom. The molecule has 2 aromatic carbocycles. The molecule has 1 aliphatic heterocycles. The predicted molar refractivity (Wildman–Crippen MR) is 95.8 cm³/mol. The fourth-order valence-electron chi connectivity index (χ4n) is 3.19. The molecule has 6 heteroatoms. The van der Waals surface area contributed by atoms with E-state index in [0.717, 1.165) is 30.9 Å². The summed E-state index contributed by atoms with van der Waals surface area (Å²) in [6.45, 7) is 1.54. The van der Waals surface area contributed by atoms with E-state index >= 15 is 0 Å². The maximum Gasteiger partial charge on any atom is 0.321 e. The number of rotatable bonds is 3. The van der Waals surface area contributed by atoms with Crippen LogP contribution in [0.15, 0.2) is 67.0 Å². The zero-order valence-corrected chi connectivity index (χ0v) is 13.7. The van der Waals surface area contributed by atoms with Crippen LogP contribution >= 0.6 is 0 Å². The minimum Gasteiger partial charge on any atom is -0.324 e. The molecule has 1 atom stereocenters. The molecule has 0 aliphatic carbocycles. The van der Waals surface area contributed by atoms with Gasteiger partial charge in [-0.3, -0.25) is 0 Å². The van der Waals surface area contributed by atoms with Gasteiger partial charge in [-0.1, -0.05) is 35.5 Å². The second-order valence-electron chi connectivity index (χ2n) is 6.17. The number of urea groups is 1. The topological polar surface area (TPSA) is 63.1 Å². The lowest BCUT2D eigenvalue weighted by Crippen LogP contribution is -2.32. The molecular weight excluding hydrogens is 314 g/mol. The molecule has 126 valence electrons. The number of benzene rings is 2. The summed E-state index contributed by atoms with van der Waals surface area (Å²) in [5.41, 5.74) is 2.98. The van der Waals surface area contributed by atoms with E-state index in [4.69, 9.17) is 0 Å². The lowest BCUT2D eigenvalue weighted by Gasteiger charge is -2.17. The molecule has 0 bridgehead atoms. The second kappa shape index (κ2) is 6.76. The van der Waals surface area contributed by atoms with E-state index in [9.17, 15) is 4.79 Å². The highest BCUT2D eigenvalue weighted by molar-refractivity contribution is 5.89. The number of hydrogen-bond donors (Lipinski definition) is 1. The van der Waals surface area contributed by atoms with Gasteiger partial charge in [0.2, 0.25) is 0 Å². The van der Waals surface area contributed by atoms with Crippen LogP contribution in [-0.2, 0) is 0 Å². The van der Waals surface area contributed by atoms with Crippen LogP contribution in [-0.4, -0.2) is 39.0 Å². The first-order valence-corrected chi connectivity index (χ1v) is 8.37. The van der Waals surface area contributed by atoms with Gasteiger partial charge in [-0.2, -0.15) is 0 Å².